The monoisotopic (exact) mass is 227 g/mol. The van der Waals surface area contributed by atoms with Gasteiger partial charge in [-0.1, -0.05) is 13.8 Å². The summed E-state index contributed by atoms with van der Waals surface area (Å²) in [5, 5.41) is 0. The van der Waals surface area contributed by atoms with Crippen molar-refractivity contribution in [1.82, 2.24) is 9.80 Å². The van der Waals surface area contributed by atoms with Gasteiger partial charge in [-0.15, -0.1) is 0 Å². The third-order valence-corrected chi connectivity index (χ3v) is 3.39. The summed E-state index contributed by atoms with van der Waals surface area (Å²) in [6.07, 6.45) is 0. The summed E-state index contributed by atoms with van der Waals surface area (Å²) in [6, 6.07) is 0. The highest BCUT2D eigenvalue weighted by atomic mass is 16.1. The first kappa shape index (κ1) is 13.5. The molecule has 0 aliphatic carbocycles. The third-order valence-electron chi connectivity index (χ3n) is 3.39. The Bertz CT molecular complexity index is 243. The molecule has 0 aromatic heterocycles. The standard InChI is InChI=1S/C12H25N3O/c1-10(2)9-14-5-7-15(8-6-14)12(3,4)11(13)16/h10H,5-9H2,1-4H3,(H2,13,16). The van der Waals surface area contributed by atoms with E-state index in [0.29, 0.717) is 5.92 Å². The van der Waals surface area contributed by atoms with Gasteiger partial charge in [-0.3, -0.25) is 9.69 Å². The molecule has 1 heterocycles. The van der Waals surface area contributed by atoms with E-state index in [1.54, 1.807) is 0 Å². The average molecular weight is 227 g/mol. The number of amides is 1. The van der Waals surface area contributed by atoms with Crippen LogP contribution in [-0.4, -0.2) is 54.0 Å². The van der Waals surface area contributed by atoms with Gasteiger partial charge in [-0.05, 0) is 19.8 Å². The van der Waals surface area contributed by atoms with Gasteiger partial charge in [0.05, 0.1) is 5.54 Å². The maximum Gasteiger partial charge on any atom is 0.237 e. The molecule has 0 aromatic rings. The Morgan fingerprint density at radius 2 is 1.75 bits per heavy atom. The lowest BCUT2D eigenvalue weighted by atomic mass is 10.0. The molecular weight excluding hydrogens is 202 g/mol. The predicted octanol–water partition coefficient (Wildman–Crippen LogP) is 0.524. The molecule has 0 saturated carbocycles. The summed E-state index contributed by atoms with van der Waals surface area (Å²) in [5.41, 5.74) is 4.91. The number of primary amides is 1. The number of piperazine rings is 1. The van der Waals surface area contributed by atoms with E-state index in [4.69, 9.17) is 5.73 Å². The van der Waals surface area contributed by atoms with Gasteiger partial charge in [0.2, 0.25) is 5.91 Å². The topological polar surface area (TPSA) is 49.6 Å². The third kappa shape index (κ3) is 3.19. The summed E-state index contributed by atoms with van der Waals surface area (Å²) >= 11 is 0. The SMILES string of the molecule is CC(C)CN1CCN(C(C)(C)C(N)=O)CC1. The zero-order valence-corrected chi connectivity index (χ0v) is 11.0. The first-order valence-electron chi connectivity index (χ1n) is 6.11. The van der Waals surface area contributed by atoms with Gasteiger partial charge >= 0.3 is 0 Å². The van der Waals surface area contributed by atoms with E-state index in [1.807, 2.05) is 13.8 Å². The second kappa shape index (κ2) is 5.15. The van der Waals surface area contributed by atoms with E-state index in [0.717, 1.165) is 32.7 Å². The Kier molecular flexibility index (Phi) is 4.33. The minimum Gasteiger partial charge on any atom is -0.368 e. The van der Waals surface area contributed by atoms with Crippen molar-refractivity contribution < 1.29 is 4.79 Å². The Balaban J connectivity index is 2.46. The van der Waals surface area contributed by atoms with Crippen LogP contribution < -0.4 is 5.73 Å². The van der Waals surface area contributed by atoms with Crippen LogP contribution in [0.5, 0.6) is 0 Å². The second-order valence-electron chi connectivity index (χ2n) is 5.60. The molecule has 2 N–H and O–H groups in total. The van der Waals surface area contributed by atoms with Crippen molar-refractivity contribution in [1.29, 1.82) is 0 Å². The number of nitrogens with two attached hydrogens (primary N) is 1. The van der Waals surface area contributed by atoms with E-state index in [9.17, 15) is 4.79 Å². The highest BCUT2D eigenvalue weighted by Crippen LogP contribution is 2.16. The van der Waals surface area contributed by atoms with Crippen LogP contribution in [0.2, 0.25) is 0 Å². The molecular formula is C12H25N3O. The maximum absolute atomic E-state index is 11.3. The number of carbonyl (C=O) groups is 1. The highest BCUT2D eigenvalue weighted by Gasteiger charge is 2.34. The van der Waals surface area contributed by atoms with Gasteiger partial charge in [0.1, 0.15) is 0 Å². The van der Waals surface area contributed by atoms with E-state index in [1.165, 1.54) is 0 Å². The zero-order chi connectivity index (χ0) is 12.3. The van der Waals surface area contributed by atoms with E-state index >= 15 is 0 Å². The minimum absolute atomic E-state index is 0.232. The molecule has 1 aliphatic heterocycles. The lowest BCUT2D eigenvalue weighted by Gasteiger charge is -2.42. The van der Waals surface area contributed by atoms with Gasteiger partial charge in [0.25, 0.3) is 0 Å². The van der Waals surface area contributed by atoms with Gasteiger partial charge < -0.3 is 10.6 Å². The van der Waals surface area contributed by atoms with Gasteiger partial charge in [-0.25, -0.2) is 0 Å². The zero-order valence-electron chi connectivity index (χ0n) is 11.0. The molecule has 1 saturated heterocycles. The molecule has 4 nitrogen and oxygen atoms in total. The molecule has 16 heavy (non-hydrogen) atoms. The molecule has 0 radical (unpaired) electrons. The van der Waals surface area contributed by atoms with Gasteiger partial charge in [-0.2, -0.15) is 0 Å². The highest BCUT2D eigenvalue weighted by molar-refractivity contribution is 5.83. The quantitative estimate of drug-likeness (QED) is 0.762. The maximum atomic E-state index is 11.3. The fourth-order valence-corrected chi connectivity index (χ4v) is 2.16. The second-order valence-corrected chi connectivity index (χ2v) is 5.60. The molecule has 1 aliphatic rings. The van der Waals surface area contributed by atoms with Crippen LogP contribution >= 0.6 is 0 Å². The molecule has 0 unspecified atom stereocenters. The Hall–Kier alpha value is -0.610. The summed E-state index contributed by atoms with van der Waals surface area (Å²) in [4.78, 5) is 16.0. The molecule has 1 fully saturated rings. The van der Waals surface area contributed by atoms with Crippen molar-refractivity contribution in [2.75, 3.05) is 32.7 Å². The Morgan fingerprint density at radius 1 is 1.25 bits per heavy atom. The molecule has 94 valence electrons. The van der Waals surface area contributed by atoms with Gasteiger partial charge in [0, 0.05) is 32.7 Å². The lowest BCUT2D eigenvalue weighted by molar-refractivity contribution is -0.129. The summed E-state index contributed by atoms with van der Waals surface area (Å²) < 4.78 is 0. The first-order valence-corrected chi connectivity index (χ1v) is 6.11. The summed E-state index contributed by atoms with van der Waals surface area (Å²) in [7, 11) is 0. The van der Waals surface area contributed by atoms with Crippen molar-refractivity contribution in [2.24, 2.45) is 11.7 Å². The first-order chi connectivity index (χ1) is 7.34. The lowest BCUT2D eigenvalue weighted by Crippen LogP contribution is -2.59. The van der Waals surface area contributed by atoms with Crippen molar-refractivity contribution in [3.63, 3.8) is 0 Å². The van der Waals surface area contributed by atoms with Crippen LogP contribution in [0, 0.1) is 5.92 Å². The number of hydrogen-bond acceptors (Lipinski definition) is 3. The van der Waals surface area contributed by atoms with Gasteiger partial charge in [0.15, 0.2) is 0 Å². The Labute approximate surface area is 98.8 Å². The normalized spacial score (nSPS) is 20.3. The fraction of sp³-hybridized carbons (Fsp3) is 0.917. The molecule has 0 spiro atoms. The Morgan fingerprint density at radius 3 is 2.12 bits per heavy atom. The minimum atomic E-state index is -0.510. The van der Waals surface area contributed by atoms with Crippen LogP contribution in [0.15, 0.2) is 0 Å². The predicted molar refractivity (Wildman–Crippen MR) is 66.1 cm³/mol. The molecule has 0 aromatic carbocycles. The number of nitrogens with zero attached hydrogens (tertiary/aromatic N) is 2. The van der Waals surface area contributed by atoms with Crippen LogP contribution in [-0.2, 0) is 4.79 Å². The molecule has 1 rings (SSSR count). The largest absolute Gasteiger partial charge is 0.368 e. The average Bonchev–Trinajstić information content (AvgIpc) is 2.17. The molecule has 1 amide bonds. The molecule has 4 heteroatoms. The van der Waals surface area contributed by atoms with Crippen molar-refractivity contribution >= 4 is 5.91 Å². The fourth-order valence-electron chi connectivity index (χ4n) is 2.16. The smallest absolute Gasteiger partial charge is 0.237 e. The van der Waals surface area contributed by atoms with E-state index < -0.39 is 5.54 Å². The van der Waals surface area contributed by atoms with Crippen LogP contribution in [0.4, 0.5) is 0 Å². The van der Waals surface area contributed by atoms with Crippen LogP contribution in [0.3, 0.4) is 0 Å². The van der Waals surface area contributed by atoms with Crippen LogP contribution in [0.1, 0.15) is 27.7 Å². The van der Waals surface area contributed by atoms with E-state index in [-0.39, 0.29) is 5.91 Å². The summed E-state index contributed by atoms with van der Waals surface area (Å²) in [6.45, 7) is 13.4. The number of carbonyl (C=O) groups excluding carboxylic acids is 1. The number of rotatable bonds is 4. The summed E-state index contributed by atoms with van der Waals surface area (Å²) in [5.74, 6) is 0.473. The van der Waals surface area contributed by atoms with Crippen molar-refractivity contribution in [3.05, 3.63) is 0 Å². The van der Waals surface area contributed by atoms with E-state index in [2.05, 4.69) is 23.6 Å². The number of hydrogen-bond donors (Lipinski definition) is 1. The molecule has 0 atom stereocenters. The van der Waals surface area contributed by atoms with Crippen LogP contribution in [0.25, 0.3) is 0 Å². The van der Waals surface area contributed by atoms with Crippen molar-refractivity contribution in [2.45, 2.75) is 33.2 Å². The molecule has 0 bridgehead atoms. The van der Waals surface area contributed by atoms with Crippen molar-refractivity contribution in [3.8, 4) is 0 Å².